The Morgan fingerprint density at radius 1 is 0.941 bits per heavy atom. The van der Waals surface area contributed by atoms with Crippen molar-refractivity contribution in [1.82, 2.24) is 15.2 Å². The average molecular weight is 766 g/mol. The fraction of sp³-hybridized carbons (Fsp3) is 0.385. The summed E-state index contributed by atoms with van der Waals surface area (Å²) in [6.45, 7) is 8.12. The molecule has 1 aromatic heterocycles. The first kappa shape index (κ1) is 37.4. The Morgan fingerprint density at radius 2 is 1.67 bits per heavy atom. The van der Waals surface area contributed by atoms with Crippen LogP contribution in [0.25, 0.3) is 11.3 Å². The zero-order valence-electron chi connectivity index (χ0n) is 28.9. The number of carbonyl (C=O) groups is 3. The van der Waals surface area contributed by atoms with Gasteiger partial charge in [0.1, 0.15) is 5.60 Å². The number of thiazole rings is 1. The summed E-state index contributed by atoms with van der Waals surface area (Å²) in [6, 6.07) is 21.4. The van der Waals surface area contributed by atoms with Crippen LogP contribution in [0.2, 0.25) is 10.0 Å². The van der Waals surface area contributed by atoms with Crippen molar-refractivity contribution in [3.05, 3.63) is 98.8 Å². The maximum absolute atomic E-state index is 13.7. The van der Waals surface area contributed by atoms with Gasteiger partial charge in [0, 0.05) is 42.3 Å². The van der Waals surface area contributed by atoms with E-state index in [0.29, 0.717) is 28.6 Å². The number of thioether (sulfide) groups is 1. The van der Waals surface area contributed by atoms with Crippen LogP contribution in [0.1, 0.15) is 50.3 Å². The van der Waals surface area contributed by atoms with E-state index in [-0.39, 0.29) is 29.6 Å². The molecule has 2 unspecified atom stereocenters. The van der Waals surface area contributed by atoms with Crippen molar-refractivity contribution in [3.63, 3.8) is 0 Å². The third kappa shape index (κ3) is 10.1. The molecule has 2 aliphatic rings. The Labute approximate surface area is 317 Å². The Kier molecular flexibility index (Phi) is 12.1. The maximum Gasteiger partial charge on any atom is 0.310 e. The quantitative estimate of drug-likeness (QED) is 0.124. The summed E-state index contributed by atoms with van der Waals surface area (Å²) >= 11 is 15.1. The van der Waals surface area contributed by atoms with Gasteiger partial charge in [-0.1, -0.05) is 77.4 Å². The zero-order chi connectivity index (χ0) is 36.1. The van der Waals surface area contributed by atoms with E-state index in [1.54, 1.807) is 0 Å². The Hall–Kier alpha value is -3.41. The van der Waals surface area contributed by atoms with Crippen molar-refractivity contribution >= 4 is 69.8 Å². The minimum atomic E-state index is -0.647. The minimum Gasteiger partial charge on any atom is -0.460 e. The standard InChI is InChI=1S/C39H42Cl2N4O4S2/c1-39(2,3)49-37(48)31-20-26-8-5-4-7-25(26)19-30(31)36(47)43-29-10-6-9-27(18-29)34-22-50-38(44-34)51-23-35(46)42-28-13-15-45(16-14-28)21-24-11-12-32(40)33(41)17-24/h4-12,17-18,22,28,30-31H,13-16,19-21,23H2,1-3H3,(H,42,46)(H,43,47). The molecule has 8 nitrogen and oxygen atoms in total. The minimum absolute atomic E-state index is 0.000542. The van der Waals surface area contributed by atoms with Gasteiger partial charge in [0.25, 0.3) is 0 Å². The van der Waals surface area contributed by atoms with Crippen molar-refractivity contribution in [2.24, 2.45) is 11.8 Å². The molecule has 1 aliphatic heterocycles. The summed E-state index contributed by atoms with van der Waals surface area (Å²) in [6.07, 6.45) is 2.70. The first-order chi connectivity index (χ1) is 24.4. The van der Waals surface area contributed by atoms with Crippen LogP contribution in [-0.4, -0.2) is 58.2 Å². The SMILES string of the molecule is CC(C)(C)OC(=O)C1Cc2ccccc2CC1C(=O)Nc1cccc(-c2csc(SCC(=O)NC3CCN(Cc4ccc(Cl)c(Cl)c4)CC3)n2)c1. The number of anilines is 1. The van der Waals surface area contributed by atoms with E-state index in [9.17, 15) is 14.4 Å². The summed E-state index contributed by atoms with van der Waals surface area (Å²) in [5.41, 5.74) is 4.88. The lowest BCUT2D eigenvalue weighted by atomic mass is 9.75. The van der Waals surface area contributed by atoms with E-state index in [1.807, 2.05) is 92.9 Å². The molecule has 0 saturated carbocycles. The van der Waals surface area contributed by atoms with Gasteiger partial charge in [0.05, 0.1) is 33.3 Å². The number of piperidine rings is 1. The smallest absolute Gasteiger partial charge is 0.310 e. The monoisotopic (exact) mass is 764 g/mol. The fourth-order valence-electron chi connectivity index (χ4n) is 6.59. The summed E-state index contributed by atoms with van der Waals surface area (Å²) in [5.74, 6) is -1.42. The molecule has 0 radical (unpaired) electrons. The number of aromatic nitrogens is 1. The lowest BCUT2D eigenvalue weighted by Gasteiger charge is -2.33. The van der Waals surface area contributed by atoms with Gasteiger partial charge in [-0.25, -0.2) is 4.98 Å². The molecule has 1 fully saturated rings. The second kappa shape index (κ2) is 16.5. The normalized spacial score (nSPS) is 18.1. The molecule has 4 aromatic rings. The molecule has 12 heteroatoms. The van der Waals surface area contributed by atoms with Crippen molar-refractivity contribution in [2.45, 2.75) is 69.0 Å². The van der Waals surface area contributed by atoms with Gasteiger partial charge in [0.2, 0.25) is 11.8 Å². The highest BCUT2D eigenvalue weighted by Crippen LogP contribution is 2.34. The molecule has 2 amide bonds. The van der Waals surface area contributed by atoms with Gasteiger partial charge in [-0.05, 0) is 87.4 Å². The number of esters is 1. The number of hydrogen-bond donors (Lipinski definition) is 2. The van der Waals surface area contributed by atoms with E-state index < -0.39 is 17.4 Å². The molecular formula is C39H42Cl2N4O4S2. The van der Waals surface area contributed by atoms with Crippen LogP contribution in [-0.2, 0) is 38.5 Å². The molecule has 1 saturated heterocycles. The van der Waals surface area contributed by atoms with Crippen LogP contribution in [0.15, 0.2) is 76.4 Å². The molecule has 1 aliphatic carbocycles. The molecule has 2 atom stereocenters. The molecule has 268 valence electrons. The molecule has 51 heavy (non-hydrogen) atoms. The Balaban J connectivity index is 1.00. The third-order valence-electron chi connectivity index (χ3n) is 9.11. The number of nitrogens with zero attached hydrogens (tertiary/aromatic N) is 2. The second-order valence-electron chi connectivity index (χ2n) is 14.1. The van der Waals surface area contributed by atoms with Gasteiger partial charge >= 0.3 is 5.97 Å². The van der Waals surface area contributed by atoms with Gasteiger partial charge in [-0.2, -0.15) is 0 Å². The van der Waals surface area contributed by atoms with E-state index in [4.69, 9.17) is 32.9 Å². The van der Waals surface area contributed by atoms with Gasteiger partial charge in [-0.3, -0.25) is 19.3 Å². The highest BCUT2D eigenvalue weighted by Gasteiger charge is 2.40. The zero-order valence-corrected chi connectivity index (χ0v) is 32.1. The number of fused-ring (bicyclic) bond motifs is 1. The first-order valence-corrected chi connectivity index (χ1v) is 19.8. The maximum atomic E-state index is 13.7. The van der Waals surface area contributed by atoms with Crippen LogP contribution in [0, 0.1) is 11.8 Å². The summed E-state index contributed by atoms with van der Waals surface area (Å²) in [7, 11) is 0. The van der Waals surface area contributed by atoms with E-state index >= 15 is 0 Å². The number of hydrogen-bond acceptors (Lipinski definition) is 8. The molecule has 0 bridgehead atoms. The second-order valence-corrected chi connectivity index (χ2v) is 17.0. The number of ether oxygens (including phenoxy) is 1. The van der Waals surface area contributed by atoms with Gasteiger partial charge in [0.15, 0.2) is 4.34 Å². The summed E-state index contributed by atoms with van der Waals surface area (Å²) in [4.78, 5) is 46.9. The highest BCUT2D eigenvalue weighted by molar-refractivity contribution is 8.01. The third-order valence-corrected chi connectivity index (χ3v) is 11.9. The molecule has 2 heterocycles. The van der Waals surface area contributed by atoms with Gasteiger partial charge < -0.3 is 15.4 Å². The summed E-state index contributed by atoms with van der Waals surface area (Å²) < 4.78 is 6.54. The van der Waals surface area contributed by atoms with E-state index in [0.717, 1.165) is 64.8 Å². The topological polar surface area (TPSA) is 101 Å². The van der Waals surface area contributed by atoms with Crippen LogP contribution in [0.3, 0.4) is 0 Å². The predicted octanol–water partition coefficient (Wildman–Crippen LogP) is 8.30. The van der Waals surface area contributed by atoms with Crippen molar-refractivity contribution in [1.29, 1.82) is 0 Å². The largest absolute Gasteiger partial charge is 0.460 e. The number of carbonyl (C=O) groups excluding carboxylic acids is 3. The Morgan fingerprint density at radius 3 is 2.37 bits per heavy atom. The fourth-order valence-corrected chi connectivity index (χ4v) is 8.56. The predicted molar refractivity (Wildman–Crippen MR) is 206 cm³/mol. The van der Waals surface area contributed by atoms with Crippen LogP contribution in [0.4, 0.5) is 5.69 Å². The van der Waals surface area contributed by atoms with E-state index in [1.165, 1.54) is 23.1 Å². The van der Waals surface area contributed by atoms with Crippen molar-refractivity contribution < 1.29 is 19.1 Å². The molecule has 0 spiro atoms. The molecule has 6 rings (SSSR count). The van der Waals surface area contributed by atoms with Crippen LogP contribution in [0.5, 0.6) is 0 Å². The Bertz CT molecular complexity index is 1890. The summed E-state index contributed by atoms with van der Waals surface area (Å²) in [5, 5.41) is 9.34. The number of halogens is 2. The lowest BCUT2D eigenvalue weighted by Crippen LogP contribution is -2.44. The number of benzene rings is 3. The molecular weight excluding hydrogens is 723 g/mol. The number of nitrogens with one attached hydrogen (secondary N) is 2. The van der Waals surface area contributed by atoms with Crippen LogP contribution >= 0.6 is 46.3 Å². The van der Waals surface area contributed by atoms with Crippen molar-refractivity contribution in [2.75, 3.05) is 24.2 Å². The first-order valence-electron chi connectivity index (χ1n) is 17.1. The number of likely N-dealkylation sites (tertiary alicyclic amines) is 1. The molecule has 3 aromatic carbocycles. The van der Waals surface area contributed by atoms with Gasteiger partial charge in [-0.15, -0.1) is 11.3 Å². The average Bonchev–Trinajstić information content (AvgIpc) is 3.58. The van der Waals surface area contributed by atoms with E-state index in [2.05, 4.69) is 15.5 Å². The number of amides is 2. The van der Waals surface area contributed by atoms with Crippen molar-refractivity contribution in [3.8, 4) is 11.3 Å². The molecule has 2 N–H and O–H groups in total. The number of rotatable bonds is 10. The highest BCUT2D eigenvalue weighted by atomic mass is 35.5. The lowest BCUT2D eigenvalue weighted by molar-refractivity contribution is -0.163. The van der Waals surface area contributed by atoms with Crippen LogP contribution < -0.4 is 10.6 Å².